The van der Waals surface area contributed by atoms with Crippen molar-refractivity contribution in [3.05, 3.63) is 48.3 Å². The molecular formula is C12H13N3O. The smallest absolute Gasteiger partial charge is 0.321 e. The van der Waals surface area contributed by atoms with Crippen molar-refractivity contribution in [1.29, 1.82) is 0 Å². The summed E-state index contributed by atoms with van der Waals surface area (Å²) in [7, 11) is 0. The molecule has 0 spiro atoms. The first kappa shape index (κ1) is 10.6. The van der Waals surface area contributed by atoms with E-state index in [1.54, 1.807) is 18.5 Å². The van der Waals surface area contributed by atoms with E-state index < -0.39 is 0 Å². The third kappa shape index (κ3) is 2.55. The van der Waals surface area contributed by atoms with Crippen LogP contribution < -0.4 is 10.5 Å². The van der Waals surface area contributed by atoms with Crippen LogP contribution in [0.4, 0.5) is 0 Å². The van der Waals surface area contributed by atoms with Gasteiger partial charge in [0.15, 0.2) is 0 Å². The van der Waals surface area contributed by atoms with Gasteiger partial charge in [-0.05, 0) is 30.7 Å². The summed E-state index contributed by atoms with van der Waals surface area (Å²) in [5, 5.41) is 0. The molecule has 82 valence electrons. The van der Waals surface area contributed by atoms with Gasteiger partial charge in [0.2, 0.25) is 0 Å². The van der Waals surface area contributed by atoms with Crippen LogP contribution in [0.25, 0.3) is 0 Å². The van der Waals surface area contributed by atoms with Crippen LogP contribution in [-0.2, 0) is 0 Å². The first-order chi connectivity index (χ1) is 7.75. The van der Waals surface area contributed by atoms with Crippen LogP contribution >= 0.6 is 0 Å². The van der Waals surface area contributed by atoms with Gasteiger partial charge in [-0.3, -0.25) is 0 Å². The van der Waals surface area contributed by atoms with E-state index in [-0.39, 0.29) is 6.04 Å². The summed E-state index contributed by atoms with van der Waals surface area (Å²) < 4.78 is 5.45. The predicted molar refractivity (Wildman–Crippen MR) is 61.2 cm³/mol. The highest BCUT2D eigenvalue weighted by atomic mass is 16.5. The summed E-state index contributed by atoms with van der Waals surface area (Å²) in [6, 6.07) is 9.69. The zero-order valence-electron chi connectivity index (χ0n) is 9.00. The van der Waals surface area contributed by atoms with Crippen LogP contribution in [0.1, 0.15) is 18.5 Å². The fourth-order valence-electron chi connectivity index (χ4n) is 1.28. The highest BCUT2D eigenvalue weighted by Gasteiger charge is 2.01. The zero-order chi connectivity index (χ0) is 11.4. The number of nitrogens with two attached hydrogens (primary N) is 1. The average molecular weight is 215 g/mol. The molecule has 0 aliphatic carbocycles. The monoisotopic (exact) mass is 215 g/mol. The Balaban J connectivity index is 2.11. The summed E-state index contributed by atoms with van der Waals surface area (Å²) in [4.78, 5) is 7.95. The summed E-state index contributed by atoms with van der Waals surface area (Å²) in [6.07, 6.45) is 3.28. The minimum atomic E-state index is 0.0297. The Morgan fingerprint density at radius 2 is 1.75 bits per heavy atom. The van der Waals surface area contributed by atoms with Gasteiger partial charge in [0.05, 0.1) is 0 Å². The SMILES string of the molecule is C[C@H](N)c1ccc(Oc2ncccn2)cc1. The fraction of sp³-hybridized carbons (Fsp3) is 0.167. The quantitative estimate of drug-likeness (QED) is 0.853. The lowest BCUT2D eigenvalue weighted by molar-refractivity contribution is 0.441. The molecule has 1 heterocycles. The highest BCUT2D eigenvalue weighted by Crippen LogP contribution is 2.19. The molecule has 1 aromatic carbocycles. The Kier molecular flexibility index (Phi) is 3.12. The molecule has 1 atom stereocenters. The summed E-state index contributed by atoms with van der Waals surface area (Å²) in [5.74, 6) is 0.704. The topological polar surface area (TPSA) is 61.0 Å². The van der Waals surface area contributed by atoms with Crippen LogP contribution in [0.5, 0.6) is 11.8 Å². The average Bonchev–Trinajstić information content (AvgIpc) is 2.31. The van der Waals surface area contributed by atoms with Crippen LogP contribution in [-0.4, -0.2) is 9.97 Å². The first-order valence-electron chi connectivity index (χ1n) is 5.06. The molecule has 2 N–H and O–H groups in total. The van der Waals surface area contributed by atoms with E-state index in [1.165, 1.54) is 0 Å². The van der Waals surface area contributed by atoms with Gasteiger partial charge in [0.1, 0.15) is 5.75 Å². The summed E-state index contributed by atoms with van der Waals surface area (Å²) >= 11 is 0. The molecule has 0 amide bonds. The molecule has 16 heavy (non-hydrogen) atoms. The molecule has 0 bridgehead atoms. The standard InChI is InChI=1S/C12H13N3O/c1-9(13)10-3-5-11(6-4-10)16-12-14-7-2-8-15-12/h2-9H,13H2,1H3/t9-/m0/s1. The lowest BCUT2D eigenvalue weighted by Crippen LogP contribution is -2.04. The second-order valence-corrected chi connectivity index (χ2v) is 3.49. The van der Waals surface area contributed by atoms with E-state index in [1.807, 2.05) is 31.2 Å². The number of hydrogen-bond acceptors (Lipinski definition) is 4. The van der Waals surface area contributed by atoms with Gasteiger partial charge in [-0.1, -0.05) is 12.1 Å². The van der Waals surface area contributed by atoms with Crippen LogP contribution in [0.2, 0.25) is 0 Å². The van der Waals surface area contributed by atoms with E-state index >= 15 is 0 Å². The third-order valence-electron chi connectivity index (χ3n) is 2.16. The maximum absolute atomic E-state index is 5.75. The maximum Gasteiger partial charge on any atom is 0.321 e. The molecule has 0 fully saturated rings. The Morgan fingerprint density at radius 1 is 1.12 bits per heavy atom. The molecule has 4 heteroatoms. The lowest BCUT2D eigenvalue weighted by atomic mass is 10.1. The summed E-state index contributed by atoms with van der Waals surface area (Å²) in [6.45, 7) is 1.94. The van der Waals surface area contributed by atoms with Crippen molar-refractivity contribution in [3.8, 4) is 11.8 Å². The van der Waals surface area contributed by atoms with Crippen LogP contribution in [0, 0.1) is 0 Å². The molecule has 0 unspecified atom stereocenters. The highest BCUT2D eigenvalue weighted by molar-refractivity contribution is 5.30. The van der Waals surface area contributed by atoms with Crippen molar-refractivity contribution in [3.63, 3.8) is 0 Å². The Labute approximate surface area is 94.1 Å². The van der Waals surface area contributed by atoms with Crippen molar-refractivity contribution < 1.29 is 4.74 Å². The molecule has 0 saturated carbocycles. The third-order valence-corrected chi connectivity index (χ3v) is 2.16. The number of ether oxygens (including phenoxy) is 1. The molecule has 2 aromatic rings. The molecule has 0 aliphatic rings. The number of benzene rings is 1. The van der Waals surface area contributed by atoms with Crippen molar-refractivity contribution in [1.82, 2.24) is 9.97 Å². The maximum atomic E-state index is 5.75. The largest absolute Gasteiger partial charge is 0.424 e. The van der Waals surface area contributed by atoms with E-state index in [2.05, 4.69) is 9.97 Å². The number of hydrogen-bond donors (Lipinski definition) is 1. The van der Waals surface area contributed by atoms with Crippen LogP contribution in [0.15, 0.2) is 42.7 Å². The Morgan fingerprint density at radius 3 is 2.31 bits per heavy atom. The second-order valence-electron chi connectivity index (χ2n) is 3.49. The zero-order valence-corrected chi connectivity index (χ0v) is 9.00. The van der Waals surface area contributed by atoms with Crippen molar-refractivity contribution in [2.45, 2.75) is 13.0 Å². The van der Waals surface area contributed by atoms with Gasteiger partial charge in [-0.25, -0.2) is 9.97 Å². The van der Waals surface area contributed by atoms with Crippen molar-refractivity contribution in [2.24, 2.45) is 5.73 Å². The van der Waals surface area contributed by atoms with Gasteiger partial charge in [0, 0.05) is 18.4 Å². The summed E-state index contributed by atoms with van der Waals surface area (Å²) in [5.41, 5.74) is 6.82. The van der Waals surface area contributed by atoms with E-state index in [0.29, 0.717) is 11.8 Å². The van der Waals surface area contributed by atoms with Gasteiger partial charge in [-0.2, -0.15) is 0 Å². The van der Waals surface area contributed by atoms with Crippen LogP contribution in [0.3, 0.4) is 0 Å². The number of aromatic nitrogens is 2. The molecular weight excluding hydrogens is 202 g/mol. The van der Waals surface area contributed by atoms with E-state index in [9.17, 15) is 0 Å². The van der Waals surface area contributed by atoms with Crippen molar-refractivity contribution >= 4 is 0 Å². The molecule has 4 nitrogen and oxygen atoms in total. The van der Waals surface area contributed by atoms with Crippen molar-refractivity contribution in [2.75, 3.05) is 0 Å². The van der Waals surface area contributed by atoms with Gasteiger partial charge < -0.3 is 10.5 Å². The minimum Gasteiger partial charge on any atom is -0.424 e. The Hall–Kier alpha value is -1.94. The lowest BCUT2D eigenvalue weighted by Gasteiger charge is -2.07. The van der Waals surface area contributed by atoms with Gasteiger partial charge in [-0.15, -0.1) is 0 Å². The minimum absolute atomic E-state index is 0.0297. The second kappa shape index (κ2) is 4.72. The molecule has 0 saturated heterocycles. The predicted octanol–water partition coefficient (Wildman–Crippen LogP) is 2.29. The van der Waals surface area contributed by atoms with Gasteiger partial charge >= 0.3 is 6.01 Å². The molecule has 0 radical (unpaired) electrons. The number of rotatable bonds is 3. The first-order valence-corrected chi connectivity index (χ1v) is 5.06. The van der Waals surface area contributed by atoms with E-state index in [4.69, 9.17) is 10.5 Å². The molecule has 2 rings (SSSR count). The number of nitrogens with zero attached hydrogens (tertiary/aromatic N) is 2. The van der Waals surface area contributed by atoms with E-state index in [0.717, 1.165) is 5.56 Å². The normalized spacial score (nSPS) is 12.1. The fourth-order valence-corrected chi connectivity index (χ4v) is 1.28. The van der Waals surface area contributed by atoms with Gasteiger partial charge in [0.25, 0.3) is 0 Å². The Bertz CT molecular complexity index is 440. The molecule has 0 aliphatic heterocycles. The molecule has 1 aromatic heterocycles.